The van der Waals surface area contributed by atoms with Gasteiger partial charge < -0.3 is 20.5 Å². The molecule has 0 spiro atoms. The van der Waals surface area contributed by atoms with E-state index in [2.05, 4.69) is 0 Å². The molecule has 2 atom stereocenters. The van der Waals surface area contributed by atoms with Crippen LogP contribution in [0, 0.1) is 0 Å². The Morgan fingerprint density at radius 1 is 1.61 bits per heavy atom. The van der Waals surface area contributed by atoms with Crippen molar-refractivity contribution in [1.82, 2.24) is 4.90 Å². The largest absolute Gasteiger partial charge is 0.481 e. The molecule has 1 aliphatic rings. The number of amides is 1. The minimum atomic E-state index is -0.884. The molecule has 2 unspecified atom stereocenters. The molecule has 104 valence electrons. The van der Waals surface area contributed by atoms with Gasteiger partial charge in [-0.2, -0.15) is 11.8 Å². The molecule has 3 N–H and O–H groups in total. The predicted octanol–water partition coefficient (Wildman–Crippen LogP) is -0.231. The van der Waals surface area contributed by atoms with Gasteiger partial charge in [0.15, 0.2) is 0 Å². The lowest BCUT2D eigenvalue weighted by atomic mass is 10.1. The van der Waals surface area contributed by atoms with Gasteiger partial charge in [0.2, 0.25) is 5.91 Å². The van der Waals surface area contributed by atoms with Crippen LogP contribution in [0.2, 0.25) is 0 Å². The number of aliphatic carboxylic acids is 1. The number of hydrogen-bond acceptors (Lipinski definition) is 5. The van der Waals surface area contributed by atoms with Crippen molar-refractivity contribution < 1.29 is 19.4 Å². The highest BCUT2D eigenvalue weighted by molar-refractivity contribution is 7.99. The number of methoxy groups -OCH3 is 1. The minimum Gasteiger partial charge on any atom is -0.481 e. The van der Waals surface area contributed by atoms with E-state index in [1.165, 1.54) is 0 Å². The van der Waals surface area contributed by atoms with Crippen LogP contribution in [0.25, 0.3) is 0 Å². The standard InChI is InChI=1S/C11H20N2O4S/c1-17-4-2-9(12)11(16)13-3-5-18-7-8(13)6-10(14)15/h8-9H,2-7,12H2,1H3,(H,14,15). The highest BCUT2D eigenvalue weighted by Crippen LogP contribution is 2.20. The third kappa shape index (κ3) is 4.47. The molecule has 7 heteroatoms. The third-order valence-corrected chi connectivity index (χ3v) is 3.96. The van der Waals surface area contributed by atoms with Crippen LogP contribution >= 0.6 is 11.8 Å². The quantitative estimate of drug-likeness (QED) is 0.696. The number of carboxylic acids is 1. The molecule has 0 aromatic rings. The molecule has 0 radical (unpaired) electrons. The number of ether oxygens (including phenoxy) is 1. The van der Waals surface area contributed by atoms with Crippen molar-refractivity contribution >= 4 is 23.6 Å². The average Bonchev–Trinajstić information content (AvgIpc) is 2.35. The molecular formula is C11H20N2O4S. The second-order valence-corrected chi connectivity index (χ2v) is 5.40. The third-order valence-electron chi connectivity index (χ3n) is 2.87. The summed E-state index contributed by atoms with van der Waals surface area (Å²) in [4.78, 5) is 24.5. The minimum absolute atomic E-state index is 0.0181. The molecular weight excluding hydrogens is 256 g/mol. The van der Waals surface area contributed by atoms with Gasteiger partial charge in [-0.1, -0.05) is 0 Å². The van der Waals surface area contributed by atoms with E-state index >= 15 is 0 Å². The molecule has 1 saturated heterocycles. The summed E-state index contributed by atoms with van der Waals surface area (Å²) in [5.41, 5.74) is 5.80. The lowest BCUT2D eigenvalue weighted by Gasteiger charge is -2.36. The first-order valence-corrected chi connectivity index (χ1v) is 7.06. The van der Waals surface area contributed by atoms with E-state index in [9.17, 15) is 9.59 Å². The monoisotopic (exact) mass is 276 g/mol. The summed E-state index contributed by atoms with van der Waals surface area (Å²) in [6.45, 7) is 1.00. The van der Waals surface area contributed by atoms with Gasteiger partial charge in [0.1, 0.15) is 0 Å². The lowest BCUT2D eigenvalue weighted by Crippen LogP contribution is -2.53. The number of nitrogens with two attached hydrogens (primary N) is 1. The Labute approximate surface area is 111 Å². The molecule has 0 aromatic heterocycles. The van der Waals surface area contributed by atoms with Crippen LogP contribution in [-0.4, -0.2) is 65.7 Å². The molecule has 1 heterocycles. The second kappa shape index (κ2) is 7.60. The smallest absolute Gasteiger partial charge is 0.305 e. The molecule has 0 bridgehead atoms. The van der Waals surface area contributed by atoms with E-state index in [1.54, 1.807) is 23.8 Å². The Morgan fingerprint density at radius 2 is 2.33 bits per heavy atom. The van der Waals surface area contributed by atoms with Crippen LogP contribution in [0.5, 0.6) is 0 Å². The van der Waals surface area contributed by atoms with E-state index in [0.717, 1.165) is 5.75 Å². The van der Waals surface area contributed by atoms with Crippen LogP contribution in [0.4, 0.5) is 0 Å². The van der Waals surface area contributed by atoms with Gasteiger partial charge in [-0.3, -0.25) is 9.59 Å². The Hall–Kier alpha value is -0.790. The Kier molecular flexibility index (Phi) is 6.45. The van der Waals surface area contributed by atoms with Gasteiger partial charge in [-0.25, -0.2) is 0 Å². The summed E-state index contributed by atoms with van der Waals surface area (Å²) >= 11 is 1.67. The summed E-state index contributed by atoms with van der Waals surface area (Å²) in [7, 11) is 1.56. The Morgan fingerprint density at radius 3 is 2.94 bits per heavy atom. The summed E-state index contributed by atoms with van der Waals surface area (Å²) in [5.74, 6) is 0.442. The van der Waals surface area contributed by atoms with E-state index < -0.39 is 12.0 Å². The van der Waals surface area contributed by atoms with Gasteiger partial charge in [0.05, 0.1) is 18.5 Å². The van der Waals surface area contributed by atoms with Gasteiger partial charge in [0, 0.05) is 31.8 Å². The molecule has 0 aromatic carbocycles. The van der Waals surface area contributed by atoms with E-state index in [4.69, 9.17) is 15.6 Å². The zero-order valence-corrected chi connectivity index (χ0v) is 11.3. The molecule has 6 nitrogen and oxygen atoms in total. The number of hydrogen-bond donors (Lipinski definition) is 2. The maximum Gasteiger partial charge on any atom is 0.305 e. The molecule has 1 fully saturated rings. The lowest BCUT2D eigenvalue weighted by molar-refractivity contribution is -0.141. The first-order chi connectivity index (χ1) is 8.56. The molecule has 1 rings (SSSR count). The Bertz CT molecular complexity index is 301. The van der Waals surface area contributed by atoms with Crippen LogP contribution in [0.1, 0.15) is 12.8 Å². The van der Waals surface area contributed by atoms with Crippen molar-refractivity contribution in [2.75, 3.05) is 31.8 Å². The highest BCUT2D eigenvalue weighted by atomic mass is 32.2. The first kappa shape index (κ1) is 15.3. The van der Waals surface area contributed by atoms with Crippen LogP contribution in [-0.2, 0) is 14.3 Å². The first-order valence-electron chi connectivity index (χ1n) is 5.90. The number of carboxylic acid groups (broad SMARTS) is 1. The van der Waals surface area contributed by atoms with Gasteiger partial charge in [-0.15, -0.1) is 0 Å². The zero-order valence-electron chi connectivity index (χ0n) is 10.5. The van der Waals surface area contributed by atoms with Crippen LogP contribution < -0.4 is 5.73 Å². The fourth-order valence-electron chi connectivity index (χ4n) is 1.90. The summed E-state index contributed by atoms with van der Waals surface area (Å²) in [6, 6.07) is -0.855. The van der Waals surface area contributed by atoms with Gasteiger partial charge in [0.25, 0.3) is 0 Å². The summed E-state index contributed by atoms with van der Waals surface area (Å²) in [5, 5.41) is 8.85. The van der Waals surface area contributed by atoms with E-state index in [-0.39, 0.29) is 18.4 Å². The second-order valence-electron chi connectivity index (χ2n) is 4.25. The van der Waals surface area contributed by atoms with Crippen molar-refractivity contribution in [3.05, 3.63) is 0 Å². The van der Waals surface area contributed by atoms with Gasteiger partial charge >= 0.3 is 5.97 Å². The molecule has 0 saturated carbocycles. The number of thioether (sulfide) groups is 1. The maximum atomic E-state index is 12.1. The molecule has 1 aliphatic heterocycles. The van der Waals surface area contributed by atoms with Crippen molar-refractivity contribution in [3.8, 4) is 0 Å². The molecule has 18 heavy (non-hydrogen) atoms. The maximum absolute atomic E-state index is 12.1. The van der Waals surface area contributed by atoms with Crippen molar-refractivity contribution in [1.29, 1.82) is 0 Å². The number of rotatable bonds is 6. The fourth-order valence-corrected chi connectivity index (χ4v) is 2.96. The van der Waals surface area contributed by atoms with Crippen molar-refractivity contribution in [2.24, 2.45) is 5.73 Å². The number of carbonyl (C=O) groups excluding carboxylic acids is 1. The number of carbonyl (C=O) groups is 2. The van der Waals surface area contributed by atoms with Crippen molar-refractivity contribution in [3.63, 3.8) is 0 Å². The molecule has 1 amide bonds. The van der Waals surface area contributed by atoms with E-state index in [0.29, 0.717) is 25.3 Å². The van der Waals surface area contributed by atoms with Crippen LogP contribution in [0.15, 0.2) is 0 Å². The fraction of sp³-hybridized carbons (Fsp3) is 0.818. The average molecular weight is 276 g/mol. The Balaban J connectivity index is 2.58. The van der Waals surface area contributed by atoms with Crippen molar-refractivity contribution in [2.45, 2.75) is 24.9 Å². The predicted molar refractivity (Wildman–Crippen MR) is 69.5 cm³/mol. The normalized spacial score (nSPS) is 21.7. The highest BCUT2D eigenvalue weighted by Gasteiger charge is 2.31. The summed E-state index contributed by atoms with van der Waals surface area (Å²) in [6.07, 6.45) is 0.439. The summed E-state index contributed by atoms with van der Waals surface area (Å²) < 4.78 is 4.89. The van der Waals surface area contributed by atoms with Crippen LogP contribution in [0.3, 0.4) is 0 Å². The number of nitrogens with zero attached hydrogens (tertiary/aromatic N) is 1. The molecule has 0 aliphatic carbocycles. The SMILES string of the molecule is COCCC(N)C(=O)N1CCSCC1CC(=O)O. The topological polar surface area (TPSA) is 92.9 Å². The van der Waals surface area contributed by atoms with Gasteiger partial charge in [-0.05, 0) is 6.42 Å². The zero-order chi connectivity index (χ0) is 13.5. The van der Waals surface area contributed by atoms with E-state index in [1.807, 2.05) is 0 Å².